The number of aromatic nitrogens is 2. The van der Waals surface area contributed by atoms with Gasteiger partial charge in [0.15, 0.2) is 11.5 Å². The maximum absolute atomic E-state index is 12.7. The molecule has 4 aromatic rings. The molecule has 138 valence electrons. The third-order valence-corrected chi connectivity index (χ3v) is 5.97. The Bertz CT molecular complexity index is 1380. The summed E-state index contributed by atoms with van der Waals surface area (Å²) >= 11 is 1.48. The Labute approximate surface area is 164 Å². The summed E-state index contributed by atoms with van der Waals surface area (Å²) in [6, 6.07) is 9.58. The highest BCUT2D eigenvalue weighted by Gasteiger charge is 2.22. The van der Waals surface area contributed by atoms with E-state index in [2.05, 4.69) is 16.0 Å². The topological polar surface area (TPSA) is 88.0 Å². The Morgan fingerprint density at radius 2 is 1.96 bits per heavy atom. The second-order valence-corrected chi connectivity index (χ2v) is 7.74. The van der Waals surface area contributed by atoms with E-state index in [1.165, 1.54) is 11.3 Å². The molecule has 6 nitrogen and oxygen atoms in total. The number of ether oxygens (including phenoxy) is 2. The molecule has 0 atom stereocenters. The van der Waals surface area contributed by atoms with Gasteiger partial charge in [0.05, 0.1) is 10.2 Å². The molecule has 0 aliphatic carbocycles. The highest BCUT2D eigenvalue weighted by atomic mass is 32.1. The van der Waals surface area contributed by atoms with Gasteiger partial charge in [-0.1, -0.05) is 6.07 Å². The van der Waals surface area contributed by atoms with Gasteiger partial charge in [-0.15, -0.1) is 11.3 Å². The third kappa shape index (κ3) is 2.38. The molecule has 0 unspecified atom stereocenters. The van der Waals surface area contributed by atoms with Gasteiger partial charge in [-0.25, -0.2) is 4.98 Å². The van der Waals surface area contributed by atoms with Gasteiger partial charge < -0.3 is 14.5 Å². The SMILES string of the molecule is Cc1cc(C)c2c(n1)sc1c(-c3ccc4c(c3)OCCO4)c(C#N)c(=O)[nH]c12. The van der Waals surface area contributed by atoms with E-state index in [9.17, 15) is 10.1 Å². The molecular formula is C21H15N3O3S. The van der Waals surface area contributed by atoms with Gasteiger partial charge in [-0.05, 0) is 43.2 Å². The minimum atomic E-state index is -0.403. The number of aromatic amines is 1. The smallest absolute Gasteiger partial charge is 0.267 e. The maximum Gasteiger partial charge on any atom is 0.267 e. The Balaban J connectivity index is 1.91. The molecule has 0 saturated carbocycles. The van der Waals surface area contributed by atoms with Crippen LogP contribution in [0.5, 0.6) is 11.5 Å². The number of thiophene rings is 1. The first kappa shape index (κ1) is 16.8. The van der Waals surface area contributed by atoms with Crippen molar-refractivity contribution in [3.05, 3.63) is 51.4 Å². The van der Waals surface area contributed by atoms with Crippen LogP contribution >= 0.6 is 11.3 Å². The van der Waals surface area contributed by atoms with Crippen molar-refractivity contribution in [2.45, 2.75) is 13.8 Å². The van der Waals surface area contributed by atoms with Crippen molar-refractivity contribution in [1.82, 2.24) is 9.97 Å². The number of benzene rings is 1. The summed E-state index contributed by atoms with van der Waals surface area (Å²) in [6.07, 6.45) is 0. The van der Waals surface area contributed by atoms with Crippen LogP contribution in [-0.2, 0) is 0 Å². The van der Waals surface area contributed by atoms with E-state index >= 15 is 0 Å². The fourth-order valence-corrected chi connectivity index (χ4v) is 5.05. The molecule has 1 aliphatic heterocycles. The largest absolute Gasteiger partial charge is 0.486 e. The van der Waals surface area contributed by atoms with Crippen LogP contribution in [0.2, 0.25) is 0 Å². The number of rotatable bonds is 1. The van der Waals surface area contributed by atoms with E-state index in [1.807, 2.05) is 38.1 Å². The van der Waals surface area contributed by atoms with Gasteiger partial charge in [-0.3, -0.25) is 4.79 Å². The second kappa shape index (κ2) is 6.08. The van der Waals surface area contributed by atoms with E-state index in [0.29, 0.717) is 30.3 Å². The van der Waals surface area contributed by atoms with Gasteiger partial charge in [-0.2, -0.15) is 5.26 Å². The lowest BCUT2D eigenvalue weighted by molar-refractivity contribution is 0.171. The minimum Gasteiger partial charge on any atom is -0.486 e. The number of hydrogen-bond donors (Lipinski definition) is 1. The van der Waals surface area contributed by atoms with Gasteiger partial charge >= 0.3 is 0 Å². The molecule has 5 rings (SSSR count). The number of nitrogens with one attached hydrogen (secondary N) is 1. The van der Waals surface area contributed by atoms with E-state index in [1.54, 1.807) is 0 Å². The molecule has 0 spiro atoms. The predicted molar refractivity (Wildman–Crippen MR) is 108 cm³/mol. The number of H-pyrrole nitrogens is 1. The lowest BCUT2D eigenvalue weighted by Crippen LogP contribution is -2.15. The van der Waals surface area contributed by atoms with Crippen molar-refractivity contribution in [3.8, 4) is 28.7 Å². The first-order chi connectivity index (χ1) is 13.6. The van der Waals surface area contributed by atoms with Crippen molar-refractivity contribution in [1.29, 1.82) is 5.26 Å². The third-order valence-electron chi connectivity index (χ3n) is 4.87. The molecule has 0 bridgehead atoms. The molecule has 0 saturated heterocycles. The zero-order chi connectivity index (χ0) is 19.4. The fraction of sp³-hybridized carbons (Fsp3) is 0.190. The van der Waals surface area contributed by atoms with Crippen LogP contribution < -0.4 is 15.0 Å². The minimum absolute atomic E-state index is 0.0881. The van der Waals surface area contributed by atoms with Gasteiger partial charge in [0, 0.05) is 16.6 Å². The first-order valence-corrected chi connectivity index (χ1v) is 9.65. The second-order valence-electron chi connectivity index (χ2n) is 6.74. The van der Waals surface area contributed by atoms with E-state index in [4.69, 9.17) is 9.47 Å². The predicted octanol–water partition coefficient (Wildman–Crippen LogP) is 4.06. The first-order valence-electron chi connectivity index (χ1n) is 8.83. The fourth-order valence-electron chi connectivity index (χ4n) is 3.72. The number of hydrogen-bond acceptors (Lipinski definition) is 6. The molecule has 7 heteroatoms. The number of nitrogens with zero attached hydrogens (tertiary/aromatic N) is 2. The van der Waals surface area contributed by atoms with Crippen LogP contribution in [0.25, 0.3) is 31.6 Å². The number of nitriles is 1. The molecule has 4 heterocycles. The zero-order valence-electron chi connectivity index (χ0n) is 15.3. The monoisotopic (exact) mass is 389 g/mol. The molecule has 0 amide bonds. The Morgan fingerprint density at radius 3 is 2.75 bits per heavy atom. The number of aryl methyl sites for hydroxylation is 2. The van der Waals surface area contributed by atoms with Crippen LogP contribution in [0.3, 0.4) is 0 Å². The van der Waals surface area contributed by atoms with Gasteiger partial charge in [0.2, 0.25) is 0 Å². The Kier molecular flexibility index (Phi) is 3.64. The molecule has 0 radical (unpaired) electrons. The van der Waals surface area contributed by atoms with E-state index in [-0.39, 0.29) is 5.56 Å². The summed E-state index contributed by atoms with van der Waals surface area (Å²) in [4.78, 5) is 21.1. The molecule has 0 fully saturated rings. The zero-order valence-corrected chi connectivity index (χ0v) is 16.1. The lowest BCUT2D eigenvalue weighted by atomic mass is 9.99. The average Bonchev–Trinajstić information content (AvgIpc) is 3.04. The van der Waals surface area contributed by atoms with Crippen molar-refractivity contribution >= 4 is 31.8 Å². The van der Waals surface area contributed by atoms with Crippen LogP contribution in [0, 0.1) is 25.2 Å². The van der Waals surface area contributed by atoms with Crippen molar-refractivity contribution in [3.63, 3.8) is 0 Å². The summed E-state index contributed by atoms with van der Waals surface area (Å²) in [7, 11) is 0. The van der Waals surface area contributed by atoms with Crippen LogP contribution in [0.15, 0.2) is 29.1 Å². The molecule has 3 aromatic heterocycles. The molecular weight excluding hydrogens is 374 g/mol. The Hall–Kier alpha value is -3.37. The quantitative estimate of drug-likeness (QED) is 0.530. The summed E-state index contributed by atoms with van der Waals surface area (Å²) in [5, 5.41) is 10.6. The van der Waals surface area contributed by atoms with Gasteiger partial charge in [0.1, 0.15) is 29.7 Å². The summed E-state index contributed by atoms with van der Waals surface area (Å²) in [5.41, 5.74) is 3.72. The highest BCUT2D eigenvalue weighted by Crippen LogP contribution is 2.42. The van der Waals surface area contributed by atoms with E-state index < -0.39 is 5.56 Å². The molecule has 1 aliphatic rings. The van der Waals surface area contributed by atoms with Crippen LogP contribution in [0.4, 0.5) is 0 Å². The maximum atomic E-state index is 12.7. The Morgan fingerprint density at radius 1 is 1.18 bits per heavy atom. The van der Waals surface area contributed by atoms with Crippen molar-refractivity contribution in [2.75, 3.05) is 13.2 Å². The van der Waals surface area contributed by atoms with E-state index in [0.717, 1.165) is 37.3 Å². The summed E-state index contributed by atoms with van der Waals surface area (Å²) in [6.45, 7) is 4.93. The van der Waals surface area contributed by atoms with Crippen molar-refractivity contribution in [2.24, 2.45) is 0 Å². The van der Waals surface area contributed by atoms with Crippen LogP contribution in [-0.4, -0.2) is 23.2 Å². The number of pyridine rings is 2. The lowest BCUT2D eigenvalue weighted by Gasteiger charge is -2.19. The number of fused-ring (bicyclic) bond motifs is 4. The van der Waals surface area contributed by atoms with Crippen molar-refractivity contribution < 1.29 is 9.47 Å². The molecule has 1 aromatic carbocycles. The summed E-state index contributed by atoms with van der Waals surface area (Å²) in [5.74, 6) is 1.28. The summed E-state index contributed by atoms with van der Waals surface area (Å²) < 4.78 is 12.1. The molecule has 28 heavy (non-hydrogen) atoms. The standard InChI is InChI=1S/C21H15N3O3S/c1-10-7-11(2)23-21-16(10)18-19(28-21)17(13(9-22)20(25)24-18)12-3-4-14-15(8-12)27-6-5-26-14/h3-4,7-8H,5-6H2,1-2H3,(H,24,25). The van der Waals surface area contributed by atoms with Crippen LogP contribution in [0.1, 0.15) is 16.8 Å². The molecule has 1 N–H and O–H groups in total. The highest BCUT2D eigenvalue weighted by molar-refractivity contribution is 7.26. The average molecular weight is 389 g/mol. The normalized spacial score (nSPS) is 13.0. The van der Waals surface area contributed by atoms with Gasteiger partial charge in [0.25, 0.3) is 5.56 Å².